The highest BCUT2D eigenvalue weighted by molar-refractivity contribution is 5.97. The van der Waals surface area contributed by atoms with E-state index in [4.69, 9.17) is 5.73 Å². The van der Waals surface area contributed by atoms with Crippen LogP contribution in [0.4, 0.5) is 5.69 Å². The summed E-state index contributed by atoms with van der Waals surface area (Å²) in [4.78, 5) is 14.0. The van der Waals surface area contributed by atoms with Crippen LogP contribution < -0.4 is 10.6 Å². The molecule has 0 spiro atoms. The fourth-order valence-electron chi connectivity index (χ4n) is 1.80. The smallest absolute Gasteiger partial charge is 0.233 e. The number of benzene rings is 1. The van der Waals surface area contributed by atoms with Gasteiger partial charge in [0.2, 0.25) is 5.91 Å². The van der Waals surface area contributed by atoms with Gasteiger partial charge in [0.25, 0.3) is 0 Å². The Hall–Kier alpha value is -1.35. The SMILES string of the molecule is Cc1cc(C)cc(N(C)C(=O)C(C)(C)CN)c1. The van der Waals surface area contributed by atoms with Crippen molar-refractivity contribution in [3.05, 3.63) is 29.3 Å². The molecule has 0 aromatic heterocycles. The van der Waals surface area contributed by atoms with Crippen molar-refractivity contribution in [3.8, 4) is 0 Å². The highest BCUT2D eigenvalue weighted by Gasteiger charge is 2.29. The third kappa shape index (κ3) is 3.07. The van der Waals surface area contributed by atoms with Gasteiger partial charge in [-0.05, 0) is 51.0 Å². The molecule has 0 saturated carbocycles. The first-order chi connectivity index (χ1) is 7.77. The third-order valence-electron chi connectivity index (χ3n) is 2.99. The molecular formula is C14H22N2O. The van der Waals surface area contributed by atoms with Crippen molar-refractivity contribution in [1.82, 2.24) is 0 Å². The molecular weight excluding hydrogens is 212 g/mol. The summed E-state index contributed by atoms with van der Waals surface area (Å²) in [6, 6.07) is 6.12. The molecule has 0 unspecified atom stereocenters. The molecule has 2 N–H and O–H groups in total. The summed E-state index contributed by atoms with van der Waals surface area (Å²) in [7, 11) is 1.80. The van der Waals surface area contributed by atoms with Crippen LogP contribution in [-0.4, -0.2) is 19.5 Å². The van der Waals surface area contributed by atoms with Gasteiger partial charge >= 0.3 is 0 Å². The van der Waals surface area contributed by atoms with Gasteiger partial charge < -0.3 is 10.6 Å². The number of amides is 1. The summed E-state index contributed by atoms with van der Waals surface area (Å²) in [5, 5.41) is 0. The van der Waals surface area contributed by atoms with Crippen molar-refractivity contribution in [1.29, 1.82) is 0 Å². The minimum absolute atomic E-state index is 0.0463. The van der Waals surface area contributed by atoms with E-state index in [0.29, 0.717) is 6.54 Å². The summed E-state index contributed by atoms with van der Waals surface area (Å²) in [5.41, 5.74) is 8.35. The van der Waals surface area contributed by atoms with Crippen LogP contribution in [0, 0.1) is 19.3 Å². The van der Waals surface area contributed by atoms with Crippen LogP contribution in [-0.2, 0) is 4.79 Å². The number of rotatable bonds is 3. The highest BCUT2D eigenvalue weighted by atomic mass is 16.2. The first-order valence-electron chi connectivity index (χ1n) is 5.84. The fraction of sp³-hybridized carbons (Fsp3) is 0.500. The number of anilines is 1. The monoisotopic (exact) mass is 234 g/mol. The first kappa shape index (κ1) is 13.7. The molecule has 1 aromatic rings. The van der Waals surface area contributed by atoms with Gasteiger partial charge in [-0.2, -0.15) is 0 Å². The van der Waals surface area contributed by atoms with Crippen molar-refractivity contribution in [2.45, 2.75) is 27.7 Å². The van der Waals surface area contributed by atoms with Crippen molar-refractivity contribution < 1.29 is 4.79 Å². The highest BCUT2D eigenvalue weighted by Crippen LogP contribution is 2.23. The molecule has 1 aromatic carbocycles. The van der Waals surface area contributed by atoms with Crippen molar-refractivity contribution >= 4 is 11.6 Å². The number of hydrogen-bond acceptors (Lipinski definition) is 2. The fourth-order valence-corrected chi connectivity index (χ4v) is 1.80. The lowest BCUT2D eigenvalue weighted by atomic mass is 9.91. The Balaban J connectivity index is 3.04. The quantitative estimate of drug-likeness (QED) is 0.872. The van der Waals surface area contributed by atoms with Crippen LogP contribution in [0.25, 0.3) is 0 Å². The number of aryl methyl sites for hydroxylation is 2. The van der Waals surface area contributed by atoms with Gasteiger partial charge in [-0.15, -0.1) is 0 Å². The maximum absolute atomic E-state index is 12.3. The summed E-state index contributed by atoms with van der Waals surface area (Å²) < 4.78 is 0. The number of nitrogens with zero attached hydrogens (tertiary/aromatic N) is 1. The average Bonchev–Trinajstić information content (AvgIpc) is 2.25. The Bertz CT molecular complexity index is 404. The summed E-state index contributed by atoms with van der Waals surface area (Å²) in [6.07, 6.45) is 0. The number of carbonyl (C=O) groups is 1. The second-order valence-corrected chi connectivity index (χ2v) is 5.30. The second kappa shape index (κ2) is 4.88. The molecule has 0 aliphatic carbocycles. The maximum Gasteiger partial charge on any atom is 0.233 e. The molecule has 3 heteroatoms. The lowest BCUT2D eigenvalue weighted by Gasteiger charge is -2.28. The largest absolute Gasteiger partial charge is 0.329 e. The van der Waals surface area contributed by atoms with Gasteiger partial charge in [-0.1, -0.05) is 6.07 Å². The van der Waals surface area contributed by atoms with E-state index in [1.165, 1.54) is 0 Å². The standard InChI is InChI=1S/C14H22N2O/c1-10-6-11(2)8-12(7-10)16(5)13(17)14(3,4)9-15/h6-8H,9,15H2,1-5H3. The van der Waals surface area contributed by atoms with E-state index in [9.17, 15) is 4.79 Å². The predicted molar refractivity (Wildman–Crippen MR) is 72.2 cm³/mol. The van der Waals surface area contributed by atoms with Gasteiger partial charge in [-0.25, -0.2) is 0 Å². The summed E-state index contributed by atoms with van der Waals surface area (Å²) >= 11 is 0. The number of hydrogen-bond donors (Lipinski definition) is 1. The first-order valence-corrected chi connectivity index (χ1v) is 5.84. The predicted octanol–water partition coefficient (Wildman–Crippen LogP) is 2.25. The number of carbonyl (C=O) groups excluding carboxylic acids is 1. The molecule has 0 heterocycles. The zero-order chi connectivity index (χ0) is 13.2. The van der Waals surface area contributed by atoms with Gasteiger partial charge in [0.15, 0.2) is 0 Å². The van der Waals surface area contributed by atoms with Gasteiger partial charge in [-0.3, -0.25) is 4.79 Å². The molecule has 0 saturated heterocycles. The second-order valence-electron chi connectivity index (χ2n) is 5.30. The molecule has 0 radical (unpaired) electrons. The average molecular weight is 234 g/mol. The lowest BCUT2D eigenvalue weighted by molar-refractivity contribution is -0.125. The van der Waals surface area contributed by atoms with E-state index in [-0.39, 0.29) is 5.91 Å². The van der Waals surface area contributed by atoms with E-state index < -0.39 is 5.41 Å². The lowest BCUT2D eigenvalue weighted by Crippen LogP contribution is -2.43. The zero-order valence-corrected chi connectivity index (χ0v) is 11.4. The van der Waals surface area contributed by atoms with E-state index >= 15 is 0 Å². The van der Waals surface area contributed by atoms with E-state index in [1.807, 2.05) is 39.8 Å². The summed E-state index contributed by atoms with van der Waals surface area (Å²) in [6.45, 7) is 8.15. The molecule has 17 heavy (non-hydrogen) atoms. The van der Waals surface area contributed by atoms with Crippen molar-refractivity contribution in [2.75, 3.05) is 18.5 Å². The molecule has 0 atom stereocenters. The number of nitrogens with two attached hydrogens (primary N) is 1. The van der Waals surface area contributed by atoms with E-state index in [1.54, 1.807) is 11.9 Å². The molecule has 0 aliphatic rings. The minimum Gasteiger partial charge on any atom is -0.329 e. The van der Waals surface area contributed by atoms with Gasteiger partial charge in [0.1, 0.15) is 0 Å². The van der Waals surface area contributed by atoms with Crippen molar-refractivity contribution in [3.63, 3.8) is 0 Å². The van der Waals surface area contributed by atoms with Crippen molar-refractivity contribution in [2.24, 2.45) is 11.1 Å². The Morgan fingerprint density at radius 3 is 2.12 bits per heavy atom. The molecule has 0 aliphatic heterocycles. The molecule has 1 amide bonds. The zero-order valence-electron chi connectivity index (χ0n) is 11.4. The molecule has 94 valence electrons. The van der Waals surface area contributed by atoms with Crippen LogP contribution in [0.15, 0.2) is 18.2 Å². The Labute approximate surface area is 104 Å². The van der Waals surface area contributed by atoms with Gasteiger partial charge in [0.05, 0.1) is 5.41 Å². The third-order valence-corrected chi connectivity index (χ3v) is 2.99. The van der Waals surface area contributed by atoms with Crippen LogP contribution in [0.3, 0.4) is 0 Å². The minimum atomic E-state index is -0.521. The Kier molecular flexibility index (Phi) is 3.94. The topological polar surface area (TPSA) is 46.3 Å². The maximum atomic E-state index is 12.3. The van der Waals surface area contributed by atoms with Crippen LogP contribution in [0.1, 0.15) is 25.0 Å². The Morgan fingerprint density at radius 1 is 1.24 bits per heavy atom. The van der Waals surface area contributed by atoms with E-state index in [0.717, 1.165) is 16.8 Å². The van der Waals surface area contributed by atoms with Gasteiger partial charge in [0, 0.05) is 19.3 Å². The molecule has 1 rings (SSSR count). The summed E-state index contributed by atoms with van der Waals surface area (Å²) in [5.74, 6) is 0.0463. The Morgan fingerprint density at radius 2 is 1.71 bits per heavy atom. The molecule has 0 fully saturated rings. The molecule has 3 nitrogen and oxygen atoms in total. The van der Waals surface area contributed by atoms with Crippen LogP contribution in [0.2, 0.25) is 0 Å². The normalized spacial score (nSPS) is 11.4. The van der Waals surface area contributed by atoms with E-state index in [2.05, 4.69) is 6.07 Å². The molecule has 0 bridgehead atoms. The van der Waals surface area contributed by atoms with Crippen LogP contribution >= 0.6 is 0 Å². The van der Waals surface area contributed by atoms with Crippen LogP contribution in [0.5, 0.6) is 0 Å².